The lowest BCUT2D eigenvalue weighted by Gasteiger charge is -2.20. The molecule has 0 radical (unpaired) electrons. The van der Waals surface area contributed by atoms with Crippen molar-refractivity contribution in [2.24, 2.45) is 0 Å². The van der Waals surface area contributed by atoms with Gasteiger partial charge in [-0.05, 0) is 31.2 Å². The fourth-order valence-corrected chi connectivity index (χ4v) is 2.47. The van der Waals surface area contributed by atoms with E-state index in [1.165, 1.54) is 12.2 Å². The Balaban J connectivity index is 1.57. The Bertz CT molecular complexity index is 898. The van der Waals surface area contributed by atoms with E-state index in [-0.39, 0.29) is 12.5 Å². The third-order valence-corrected chi connectivity index (χ3v) is 3.70. The molecule has 0 aliphatic carbocycles. The van der Waals surface area contributed by atoms with Crippen LogP contribution >= 0.6 is 0 Å². The molecule has 1 heterocycles. The summed E-state index contributed by atoms with van der Waals surface area (Å²) < 4.78 is 10.5. The molecule has 0 unspecified atom stereocenters. The van der Waals surface area contributed by atoms with Crippen LogP contribution in [0.15, 0.2) is 65.1 Å². The zero-order chi connectivity index (χ0) is 18.4. The number of anilines is 1. The molecule has 132 valence electrons. The van der Waals surface area contributed by atoms with Crippen molar-refractivity contribution in [1.82, 2.24) is 4.98 Å². The van der Waals surface area contributed by atoms with Crippen LogP contribution in [0.1, 0.15) is 12.8 Å². The van der Waals surface area contributed by atoms with E-state index in [1.807, 2.05) is 55.5 Å². The van der Waals surface area contributed by atoms with Crippen molar-refractivity contribution in [1.29, 1.82) is 0 Å². The number of oxazole rings is 1. The molecule has 26 heavy (non-hydrogen) atoms. The van der Waals surface area contributed by atoms with Crippen molar-refractivity contribution >= 4 is 34.7 Å². The van der Waals surface area contributed by atoms with E-state index in [1.54, 1.807) is 11.0 Å². The number of rotatable bonds is 6. The van der Waals surface area contributed by atoms with E-state index in [4.69, 9.17) is 9.15 Å². The smallest absolute Gasteiger partial charge is 0.331 e. The molecule has 6 heteroatoms. The first-order chi connectivity index (χ1) is 12.7. The first kappa shape index (κ1) is 17.4. The van der Waals surface area contributed by atoms with Crippen LogP contribution in [0.25, 0.3) is 17.2 Å². The highest BCUT2D eigenvalue weighted by molar-refractivity contribution is 5.96. The van der Waals surface area contributed by atoms with Crippen molar-refractivity contribution in [3.63, 3.8) is 0 Å². The number of carbonyl (C=O) groups is 2. The van der Waals surface area contributed by atoms with Crippen molar-refractivity contribution in [2.45, 2.75) is 6.92 Å². The van der Waals surface area contributed by atoms with Crippen LogP contribution < -0.4 is 4.90 Å². The molecule has 0 fully saturated rings. The highest BCUT2D eigenvalue weighted by Gasteiger charge is 2.15. The third kappa shape index (κ3) is 4.16. The van der Waals surface area contributed by atoms with E-state index < -0.39 is 5.97 Å². The highest BCUT2D eigenvalue weighted by atomic mass is 16.5. The monoisotopic (exact) mass is 350 g/mol. The van der Waals surface area contributed by atoms with Crippen LogP contribution in [0, 0.1) is 0 Å². The maximum atomic E-state index is 12.3. The average Bonchev–Trinajstić information content (AvgIpc) is 3.09. The topological polar surface area (TPSA) is 72.6 Å². The molecule has 0 saturated heterocycles. The average molecular weight is 350 g/mol. The number of aromatic nitrogens is 1. The van der Waals surface area contributed by atoms with Crippen molar-refractivity contribution in [3.8, 4) is 0 Å². The second-order valence-electron chi connectivity index (χ2n) is 5.43. The molecule has 0 atom stereocenters. The maximum Gasteiger partial charge on any atom is 0.331 e. The Morgan fingerprint density at radius 1 is 1.12 bits per heavy atom. The van der Waals surface area contributed by atoms with Gasteiger partial charge >= 0.3 is 5.97 Å². The Labute approximate surface area is 150 Å². The molecular formula is C20H18N2O4. The molecule has 0 N–H and O–H groups in total. The number of carbonyl (C=O) groups excluding carboxylic acids is 2. The van der Waals surface area contributed by atoms with Crippen LogP contribution in [-0.4, -0.2) is 30.0 Å². The summed E-state index contributed by atoms with van der Waals surface area (Å²) >= 11 is 0. The van der Waals surface area contributed by atoms with Gasteiger partial charge in [0, 0.05) is 24.4 Å². The van der Waals surface area contributed by atoms with Crippen LogP contribution in [0.2, 0.25) is 0 Å². The Hall–Kier alpha value is -3.41. The highest BCUT2D eigenvalue weighted by Crippen LogP contribution is 2.16. The quantitative estimate of drug-likeness (QED) is 0.503. The summed E-state index contributed by atoms with van der Waals surface area (Å²) in [5.74, 6) is -0.624. The maximum absolute atomic E-state index is 12.3. The van der Waals surface area contributed by atoms with Gasteiger partial charge in [0.15, 0.2) is 12.2 Å². The molecule has 3 aromatic rings. The van der Waals surface area contributed by atoms with Crippen LogP contribution in [0.3, 0.4) is 0 Å². The fraction of sp³-hybridized carbons (Fsp3) is 0.150. The predicted molar refractivity (Wildman–Crippen MR) is 98.5 cm³/mol. The van der Waals surface area contributed by atoms with E-state index in [0.29, 0.717) is 23.5 Å². The largest absolute Gasteiger partial charge is 0.452 e. The molecule has 2 aromatic carbocycles. The lowest BCUT2D eigenvalue weighted by Crippen LogP contribution is -2.34. The summed E-state index contributed by atoms with van der Waals surface area (Å²) in [4.78, 5) is 29.9. The molecule has 1 amide bonds. The summed E-state index contributed by atoms with van der Waals surface area (Å²) in [6.45, 7) is 2.01. The summed E-state index contributed by atoms with van der Waals surface area (Å²) in [7, 11) is 0. The number of nitrogens with zero attached hydrogens (tertiary/aromatic N) is 2. The SMILES string of the molecule is CCN(C(=O)COC(=O)/C=C/c1nc2ccccc2o1)c1ccccc1. The number of likely N-dealkylation sites (N-methyl/N-ethyl adjacent to an activating group) is 1. The second kappa shape index (κ2) is 8.11. The van der Waals surface area contributed by atoms with Crippen molar-refractivity contribution in [3.05, 3.63) is 66.6 Å². The zero-order valence-corrected chi connectivity index (χ0v) is 14.3. The molecular weight excluding hydrogens is 332 g/mol. The van der Waals surface area contributed by atoms with Gasteiger partial charge in [-0.3, -0.25) is 4.79 Å². The number of esters is 1. The summed E-state index contributed by atoms with van der Waals surface area (Å²) in [5.41, 5.74) is 2.10. The lowest BCUT2D eigenvalue weighted by atomic mass is 10.3. The van der Waals surface area contributed by atoms with Crippen molar-refractivity contribution < 1.29 is 18.7 Å². The number of hydrogen-bond donors (Lipinski definition) is 0. The van der Waals surface area contributed by atoms with Crippen LogP contribution in [-0.2, 0) is 14.3 Å². The summed E-state index contributed by atoms with van der Waals surface area (Å²) in [6.07, 6.45) is 2.61. The van der Waals surface area contributed by atoms with Crippen LogP contribution in [0.4, 0.5) is 5.69 Å². The lowest BCUT2D eigenvalue weighted by molar-refractivity contribution is -0.142. The van der Waals surface area contributed by atoms with Gasteiger partial charge in [0.1, 0.15) is 5.52 Å². The van der Waals surface area contributed by atoms with Gasteiger partial charge in [0.2, 0.25) is 5.89 Å². The van der Waals surface area contributed by atoms with Gasteiger partial charge in [-0.2, -0.15) is 0 Å². The zero-order valence-electron chi connectivity index (χ0n) is 14.3. The molecule has 1 aromatic heterocycles. The number of ether oxygens (including phenoxy) is 1. The van der Waals surface area contributed by atoms with Gasteiger partial charge in [-0.1, -0.05) is 30.3 Å². The molecule has 0 aliphatic heterocycles. The molecule has 0 bridgehead atoms. The summed E-state index contributed by atoms with van der Waals surface area (Å²) in [5, 5.41) is 0. The minimum atomic E-state index is -0.635. The molecule has 0 aliphatic rings. The van der Waals surface area contributed by atoms with Gasteiger partial charge < -0.3 is 14.1 Å². The first-order valence-corrected chi connectivity index (χ1v) is 8.23. The van der Waals surface area contributed by atoms with E-state index >= 15 is 0 Å². The summed E-state index contributed by atoms with van der Waals surface area (Å²) in [6, 6.07) is 16.5. The van der Waals surface area contributed by atoms with E-state index in [0.717, 1.165) is 5.69 Å². The molecule has 0 spiro atoms. The Morgan fingerprint density at radius 2 is 1.85 bits per heavy atom. The minimum Gasteiger partial charge on any atom is -0.452 e. The van der Waals surface area contributed by atoms with Gasteiger partial charge in [-0.15, -0.1) is 0 Å². The molecule has 6 nitrogen and oxygen atoms in total. The minimum absolute atomic E-state index is 0.290. The molecule has 3 rings (SSSR count). The van der Waals surface area contributed by atoms with Gasteiger partial charge in [-0.25, -0.2) is 9.78 Å². The number of benzene rings is 2. The standard InChI is InChI=1S/C20H18N2O4/c1-2-22(15-8-4-3-5-9-15)19(23)14-25-20(24)13-12-18-21-16-10-6-7-11-17(16)26-18/h3-13H,2,14H2,1H3/b13-12+. The van der Waals surface area contributed by atoms with Gasteiger partial charge in [0.25, 0.3) is 5.91 Å². The number of hydrogen-bond acceptors (Lipinski definition) is 5. The normalized spacial score (nSPS) is 11.0. The van der Waals surface area contributed by atoms with Crippen molar-refractivity contribution in [2.75, 3.05) is 18.1 Å². The Kier molecular flexibility index (Phi) is 5.43. The van der Waals surface area contributed by atoms with E-state index in [2.05, 4.69) is 4.98 Å². The van der Waals surface area contributed by atoms with Gasteiger partial charge in [0.05, 0.1) is 0 Å². The first-order valence-electron chi connectivity index (χ1n) is 8.23. The van der Waals surface area contributed by atoms with Crippen LogP contribution in [0.5, 0.6) is 0 Å². The number of amides is 1. The second-order valence-corrected chi connectivity index (χ2v) is 5.43. The molecule has 0 saturated carbocycles. The number of fused-ring (bicyclic) bond motifs is 1. The predicted octanol–water partition coefficient (Wildman–Crippen LogP) is 3.44. The number of para-hydroxylation sites is 3. The Morgan fingerprint density at radius 3 is 2.58 bits per heavy atom. The van der Waals surface area contributed by atoms with E-state index in [9.17, 15) is 9.59 Å². The third-order valence-electron chi connectivity index (χ3n) is 3.70. The fourth-order valence-electron chi connectivity index (χ4n) is 2.47.